The first-order chi connectivity index (χ1) is 10.9. The van der Waals surface area contributed by atoms with E-state index in [9.17, 15) is 9.90 Å². The molecule has 2 unspecified atom stereocenters. The van der Waals surface area contributed by atoms with E-state index in [0.717, 1.165) is 42.9 Å². The van der Waals surface area contributed by atoms with Crippen LogP contribution in [0.1, 0.15) is 78.6 Å². The molecule has 0 radical (unpaired) electrons. The van der Waals surface area contributed by atoms with Crippen molar-refractivity contribution in [2.75, 3.05) is 0 Å². The van der Waals surface area contributed by atoms with E-state index in [4.69, 9.17) is 0 Å². The molecule has 2 heteroatoms. The summed E-state index contributed by atoms with van der Waals surface area (Å²) < 4.78 is 0. The Morgan fingerprint density at radius 3 is 2.35 bits per heavy atom. The second kappa shape index (κ2) is 5.31. The number of fused-ring (bicyclic) bond motifs is 5. The molecular formula is C21H34O2. The van der Waals surface area contributed by atoms with Crippen molar-refractivity contribution in [1.29, 1.82) is 0 Å². The summed E-state index contributed by atoms with van der Waals surface area (Å²) in [6.07, 6.45) is 10.9. The van der Waals surface area contributed by atoms with Gasteiger partial charge in [0.05, 0.1) is 6.10 Å². The lowest BCUT2D eigenvalue weighted by Gasteiger charge is -2.60. The molecule has 0 saturated heterocycles. The highest BCUT2D eigenvalue weighted by molar-refractivity contribution is 5.79. The minimum Gasteiger partial charge on any atom is -0.393 e. The SMILES string of the molecule is CC(=O)[C@H]1CC[C@H]2[C@@H]3CCC4CC(O)CC[C@]4(C)[C@H]3CC[C@]12C. The van der Waals surface area contributed by atoms with Gasteiger partial charge in [0.15, 0.2) is 0 Å². The second-order valence-electron chi connectivity index (χ2n) is 9.87. The van der Waals surface area contributed by atoms with Gasteiger partial charge in [-0.3, -0.25) is 4.79 Å². The van der Waals surface area contributed by atoms with Crippen LogP contribution in [0.2, 0.25) is 0 Å². The highest BCUT2D eigenvalue weighted by Crippen LogP contribution is 2.67. The van der Waals surface area contributed by atoms with Crippen LogP contribution < -0.4 is 0 Å². The molecule has 130 valence electrons. The van der Waals surface area contributed by atoms with Gasteiger partial charge < -0.3 is 5.11 Å². The molecule has 0 aromatic carbocycles. The van der Waals surface area contributed by atoms with Gasteiger partial charge in [0.25, 0.3) is 0 Å². The Morgan fingerprint density at radius 2 is 1.61 bits per heavy atom. The third-order valence-electron chi connectivity index (χ3n) is 9.13. The molecule has 4 aliphatic rings. The third-order valence-corrected chi connectivity index (χ3v) is 9.13. The van der Waals surface area contributed by atoms with Crippen LogP contribution in [0.5, 0.6) is 0 Å². The fraction of sp³-hybridized carbons (Fsp3) is 0.952. The van der Waals surface area contributed by atoms with Crippen LogP contribution >= 0.6 is 0 Å². The zero-order valence-electron chi connectivity index (χ0n) is 15.2. The van der Waals surface area contributed by atoms with E-state index >= 15 is 0 Å². The Hall–Kier alpha value is -0.370. The van der Waals surface area contributed by atoms with Crippen molar-refractivity contribution in [3.05, 3.63) is 0 Å². The fourth-order valence-corrected chi connectivity index (χ4v) is 7.90. The lowest BCUT2D eigenvalue weighted by molar-refractivity contribution is -0.138. The molecule has 1 N–H and O–H groups in total. The van der Waals surface area contributed by atoms with E-state index in [1.807, 2.05) is 6.92 Å². The van der Waals surface area contributed by atoms with Crippen molar-refractivity contribution in [3.8, 4) is 0 Å². The van der Waals surface area contributed by atoms with Gasteiger partial charge in [-0.2, -0.15) is 0 Å². The lowest BCUT2D eigenvalue weighted by Crippen LogP contribution is -2.54. The Labute approximate surface area is 141 Å². The smallest absolute Gasteiger partial charge is 0.133 e. The van der Waals surface area contributed by atoms with Crippen LogP contribution in [-0.4, -0.2) is 17.0 Å². The first-order valence-electron chi connectivity index (χ1n) is 10.0. The molecule has 0 aromatic rings. The monoisotopic (exact) mass is 318 g/mol. The Morgan fingerprint density at radius 1 is 0.913 bits per heavy atom. The quantitative estimate of drug-likeness (QED) is 0.767. The van der Waals surface area contributed by atoms with Crippen LogP contribution in [0.15, 0.2) is 0 Å². The maximum atomic E-state index is 12.2. The number of rotatable bonds is 1. The molecule has 0 bridgehead atoms. The van der Waals surface area contributed by atoms with E-state index in [1.54, 1.807) is 0 Å². The van der Waals surface area contributed by atoms with E-state index in [-0.39, 0.29) is 11.5 Å². The predicted molar refractivity (Wildman–Crippen MR) is 91.9 cm³/mol. The third kappa shape index (κ3) is 2.19. The zero-order valence-corrected chi connectivity index (χ0v) is 15.2. The molecule has 8 atom stereocenters. The van der Waals surface area contributed by atoms with Gasteiger partial charge >= 0.3 is 0 Å². The van der Waals surface area contributed by atoms with Crippen molar-refractivity contribution in [3.63, 3.8) is 0 Å². The van der Waals surface area contributed by atoms with Gasteiger partial charge in [0.1, 0.15) is 5.78 Å². The predicted octanol–water partition coefficient (Wildman–Crippen LogP) is 4.60. The summed E-state index contributed by atoms with van der Waals surface area (Å²) >= 11 is 0. The van der Waals surface area contributed by atoms with Crippen LogP contribution in [0.4, 0.5) is 0 Å². The summed E-state index contributed by atoms with van der Waals surface area (Å²) in [5, 5.41) is 10.1. The van der Waals surface area contributed by atoms with Crippen molar-refractivity contribution in [2.45, 2.75) is 84.7 Å². The molecule has 2 nitrogen and oxygen atoms in total. The number of aliphatic hydroxyl groups is 1. The number of carbonyl (C=O) groups excluding carboxylic acids is 1. The molecule has 0 amide bonds. The number of carbonyl (C=O) groups is 1. The van der Waals surface area contributed by atoms with Gasteiger partial charge in [-0.25, -0.2) is 0 Å². The first-order valence-corrected chi connectivity index (χ1v) is 10.0. The molecule has 23 heavy (non-hydrogen) atoms. The second-order valence-corrected chi connectivity index (χ2v) is 9.87. The van der Waals surface area contributed by atoms with Gasteiger partial charge in [-0.05, 0) is 99.2 Å². The molecule has 0 aliphatic heterocycles. The standard InChI is InChI=1S/C21H34O2/c1-13(22)17-6-7-18-16-5-4-14-12-15(23)8-10-20(14,2)19(16)9-11-21(17,18)3/h14-19,23H,4-12H2,1-3H3/t14?,15?,16-,17+,18-,19-,20-,21+/m0/s1. The number of hydrogen-bond acceptors (Lipinski definition) is 2. The number of hydrogen-bond donors (Lipinski definition) is 1. The fourth-order valence-electron chi connectivity index (χ4n) is 7.90. The van der Waals surface area contributed by atoms with Crippen molar-refractivity contribution >= 4 is 5.78 Å². The number of ketones is 1. The summed E-state index contributed by atoms with van der Waals surface area (Å²) in [5.41, 5.74) is 0.738. The summed E-state index contributed by atoms with van der Waals surface area (Å²) in [5.74, 6) is 3.97. The highest BCUT2D eigenvalue weighted by atomic mass is 16.3. The van der Waals surface area contributed by atoms with Crippen LogP contribution in [-0.2, 0) is 4.79 Å². The van der Waals surface area contributed by atoms with Crippen LogP contribution in [0, 0.1) is 40.4 Å². The molecule has 4 fully saturated rings. The molecule has 4 saturated carbocycles. The summed E-state index contributed by atoms with van der Waals surface area (Å²) in [4.78, 5) is 12.2. The topological polar surface area (TPSA) is 37.3 Å². The Kier molecular flexibility index (Phi) is 3.72. The number of Topliss-reactive ketones (excluding diaryl/α,β-unsaturated/α-hetero) is 1. The average molecular weight is 319 g/mol. The van der Waals surface area contributed by atoms with Gasteiger partial charge in [-0.1, -0.05) is 13.8 Å². The van der Waals surface area contributed by atoms with E-state index in [0.29, 0.717) is 17.1 Å². The van der Waals surface area contributed by atoms with Crippen molar-refractivity contribution in [2.24, 2.45) is 40.4 Å². The molecule has 0 spiro atoms. The van der Waals surface area contributed by atoms with Crippen LogP contribution in [0.3, 0.4) is 0 Å². The average Bonchev–Trinajstić information content (AvgIpc) is 2.85. The first kappa shape index (κ1) is 16.1. The number of aliphatic hydroxyl groups excluding tert-OH is 1. The largest absolute Gasteiger partial charge is 0.393 e. The van der Waals surface area contributed by atoms with Gasteiger partial charge in [-0.15, -0.1) is 0 Å². The van der Waals surface area contributed by atoms with Crippen LogP contribution in [0.25, 0.3) is 0 Å². The Balaban J connectivity index is 1.61. The minimum absolute atomic E-state index is 0.0490. The summed E-state index contributed by atoms with van der Waals surface area (Å²) in [6.45, 7) is 6.80. The maximum absolute atomic E-state index is 12.2. The van der Waals surface area contributed by atoms with E-state index in [1.165, 1.54) is 38.5 Å². The Bertz CT molecular complexity index is 500. The molecule has 0 heterocycles. The van der Waals surface area contributed by atoms with Gasteiger partial charge in [0.2, 0.25) is 0 Å². The van der Waals surface area contributed by atoms with Gasteiger partial charge in [0, 0.05) is 5.92 Å². The van der Waals surface area contributed by atoms with Crippen molar-refractivity contribution in [1.82, 2.24) is 0 Å². The molecule has 4 rings (SSSR count). The lowest BCUT2D eigenvalue weighted by atomic mass is 9.44. The summed E-state index contributed by atoms with van der Waals surface area (Å²) in [6, 6.07) is 0. The zero-order chi connectivity index (χ0) is 16.4. The van der Waals surface area contributed by atoms with E-state index < -0.39 is 0 Å². The summed E-state index contributed by atoms with van der Waals surface area (Å²) in [7, 11) is 0. The minimum atomic E-state index is -0.0490. The van der Waals surface area contributed by atoms with Crippen molar-refractivity contribution < 1.29 is 9.90 Å². The normalized spacial score (nSPS) is 55.7. The maximum Gasteiger partial charge on any atom is 0.133 e. The highest BCUT2D eigenvalue weighted by Gasteiger charge is 2.60. The molecule has 4 aliphatic carbocycles. The van der Waals surface area contributed by atoms with E-state index in [2.05, 4.69) is 13.8 Å². The molecule has 0 aromatic heterocycles. The molecular weight excluding hydrogens is 284 g/mol.